The number of carbonyl (C=O) groups is 2. The van der Waals surface area contributed by atoms with Crippen LogP contribution in [0.2, 0.25) is 0 Å². The fraction of sp³-hybridized carbons (Fsp3) is 0.500. The van der Waals surface area contributed by atoms with Gasteiger partial charge in [0, 0.05) is 18.7 Å². The van der Waals surface area contributed by atoms with E-state index in [1.54, 1.807) is 4.90 Å². The summed E-state index contributed by atoms with van der Waals surface area (Å²) in [5.41, 5.74) is 6.45. The van der Waals surface area contributed by atoms with Crippen LogP contribution in [0.3, 0.4) is 0 Å². The molecule has 0 unspecified atom stereocenters. The molecule has 3 N–H and O–H groups in total. The summed E-state index contributed by atoms with van der Waals surface area (Å²) in [4.78, 5) is 24.9. The van der Waals surface area contributed by atoms with E-state index >= 15 is 0 Å². The Morgan fingerprint density at radius 3 is 2.29 bits per heavy atom. The molecule has 0 aliphatic rings. The SMILES string of the molecule is CC(C)(C)[C@H](N)C(=O)N(CCCC(=O)O)c1ccccc1. The summed E-state index contributed by atoms with van der Waals surface area (Å²) >= 11 is 0. The largest absolute Gasteiger partial charge is 0.481 e. The number of benzene rings is 1. The molecule has 1 rings (SSSR count). The molecule has 1 aromatic rings. The lowest BCUT2D eigenvalue weighted by atomic mass is 9.86. The number of hydrogen-bond donors (Lipinski definition) is 2. The molecule has 21 heavy (non-hydrogen) atoms. The first-order valence-electron chi connectivity index (χ1n) is 7.07. The average molecular weight is 292 g/mol. The third kappa shape index (κ3) is 5.19. The highest BCUT2D eigenvalue weighted by Gasteiger charge is 2.31. The van der Waals surface area contributed by atoms with Crippen LogP contribution in [0.5, 0.6) is 0 Å². The third-order valence-corrected chi connectivity index (χ3v) is 3.31. The second-order valence-electron chi connectivity index (χ2n) is 6.17. The standard InChI is InChI=1S/C16H24N2O3/c1-16(2,3)14(17)15(21)18(11-7-10-13(19)20)12-8-5-4-6-9-12/h4-6,8-9,14H,7,10-11,17H2,1-3H3,(H,19,20)/t14-/m1/s1. The fourth-order valence-corrected chi connectivity index (χ4v) is 1.90. The van der Waals surface area contributed by atoms with E-state index in [0.717, 1.165) is 5.69 Å². The summed E-state index contributed by atoms with van der Waals surface area (Å²) in [6.07, 6.45) is 0.425. The number of hydrogen-bond acceptors (Lipinski definition) is 3. The lowest BCUT2D eigenvalue weighted by Crippen LogP contribution is -2.51. The number of rotatable bonds is 6. The number of para-hydroxylation sites is 1. The Morgan fingerprint density at radius 1 is 1.24 bits per heavy atom. The normalized spacial score (nSPS) is 12.8. The first kappa shape index (κ1) is 17.2. The van der Waals surface area contributed by atoms with Crippen molar-refractivity contribution in [3.63, 3.8) is 0 Å². The molecule has 1 amide bonds. The van der Waals surface area contributed by atoms with E-state index in [1.165, 1.54) is 0 Å². The van der Waals surface area contributed by atoms with Crippen LogP contribution in [0.25, 0.3) is 0 Å². The van der Waals surface area contributed by atoms with Gasteiger partial charge in [-0.2, -0.15) is 0 Å². The number of carbonyl (C=O) groups excluding carboxylic acids is 1. The van der Waals surface area contributed by atoms with Gasteiger partial charge in [-0.05, 0) is 24.0 Å². The Hall–Kier alpha value is -1.88. The summed E-state index contributed by atoms with van der Waals surface area (Å²) in [6, 6.07) is 8.57. The Morgan fingerprint density at radius 2 is 1.81 bits per heavy atom. The highest BCUT2D eigenvalue weighted by Crippen LogP contribution is 2.22. The number of carboxylic acids is 1. The van der Waals surface area contributed by atoms with Gasteiger partial charge in [-0.1, -0.05) is 39.0 Å². The van der Waals surface area contributed by atoms with Crippen molar-refractivity contribution < 1.29 is 14.7 Å². The second-order valence-corrected chi connectivity index (χ2v) is 6.17. The van der Waals surface area contributed by atoms with Gasteiger partial charge in [-0.25, -0.2) is 0 Å². The molecule has 0 saturated heterocycles. The zero-order chi connectivity index (χ0) is 16.0. The molecular weight excluding hydrogens is 268 g/mol. The minimum atomic E-state index is -0.865. The van der Waals surface area contributed by atoms with Gasteiger partial charge in [0.2, 0.25) is 5.91 Å². The Bertz CT molecular complexity index is 480. The van der Waals surface area contributed by atoms with Gasteiger partial charge in [-0.15, -0.1) is 0 Å². The van der Waals surface area contributed by atoms with E-state index < -0.39 is 12.0 Å². The monoisotopic (exact) mass is 292 g/mol. The summed E-state index contributed by atoms with van der Waals surface area (Å²) in [7, 11) is 0. The van der Waals surface area contributed by atoms with Crippen molar-refractivity contribution in [2.75, 3.05) is 11.4 Å². The molecule has 0 heterocycles. The zero-order valence-corrected chi connectivity index (χ0v) is 12.9. The number of amides is 1. The van der Waals surface area contributed by atoms with Crippen molar-refractivity contribution >= 4 is 17.6 Å². The lowest BCUT2D eigenvalue weighted by molar-refractivity contribution is -0.137. The first-order valence-corrected chi connectivity index (χ1v) is 7.07. The van der Waals surface area contributed by atoms with E-state index in [2.05, 4.69) is 0 Å². The van der Waals surface area contributed by atoms with Gasteiger partial charge in [0.1, 0.15) is 0 Å². The highest BCUT2D eigenvalue weighted by molar-refractivity contribution is 5.97. The van der Waals surface area contributed by atoms with Gasteiger partial charge in [0.15, 0.2) is 0 Å². The summed E-state index contributed by atoms with van der Waals surface area (Å²) in [5.74, 6) is -1.05. The van der Waals surface area contributed by atoms with Crippen LogP contribution in [0.15, 0.2) is 30.3 Å². The molecule has 5 nitrogen and oxygen atoms in total. The van der Waals surface area contributed by atoms with Crippen LogP contribution in [0.4, 0.5) is 5.69 Å². The van der Waals surface area contributed by atoms with Gasteiger partial charge < -0.3 is 15.7 Å². The molecule has 0 saturated carbocycles. The molecule has 1 atom stereocenters. The summed E-state index contributed by atoms with van der Waals surface area (Å²) in [6.45, 7) is 6.08. The maximum atomic E-state index is 12.6. The minimum absolute atomic E-state index is 0.0291. The van der Waals surface area contributed by atoms with Crippen LogP contribution in [0, 0.1) is 5.41 Å². The lowest BCUT2D eigenvalue weighted by Gasteiger charge is -2.32. The molecule has 0 aromatic heterocycles. The molecule has 0 radical (unpaired) electrons. The van der Waals surface area contributed by atoms with E-state index in [4.69, 9.17) is 10.8 Å². The Kier molecular flexibility index (Phi) is 5.90. The van der Waals surface area contributed by atoms with Gasteiger partial charge in [-0.3, -0.25) is 9.59 Å². The van der Waals surface area contributed by atoms with Crippen LogP contribution in [0.1, 0.15) is 33.6 Å². The van der Waals surface area contributed by atoms with Crippen LogP contribution >= 0.6 is 0 Å². The molecule has 0 fully saturated rings. The van der Waals surface area contributed by atoms with E-state index in [9.17, 15) is 9.59 Å². The maximum absolute atomic E-state index is 12.6. The second kappa shape index (κ2) is 7.22. The predicted molar refractivity (Wildman–Crippen MR) is 83.1 cm³/mol. The maximum Gasteiger partial charge on any atom is 0.303 e. The van der Waals surface area contributed by atoms with Gasteiger partial charge >= 0.3 is 5.97 Å². The number of nitrogens with two attached hydrogens (primary N) is 1. The number of anilines is 1. The average Bonchev–Trinajstić information content (AvgIpc) is 2.41. The molecule has 1 aromatic carbocycles. The smallest absolute Gasteiger partial charge is 0.303 e. The topological polar surface area (TPSA) is 83.6 Å². The molecule has 0 aliphatic heterocycles. The van der Waals surface area contributed by atoms with Crippen LogP contribution < -0.4 is 10.6 Å². The van der Waals surface area contributed by atoms with Crippen molar-refractivity contribution in [1.82, 2.24) is 0 Å². The van der Waals surface area contributed by atoms with E-state index in [-0.39, 0.29) is 17.7 Å². The van der Waals surface area contributed by atoms with E-state index in [0.29, 0.717) is 13.0 Å². The number of carboxylic acid groups (broad SMARTS) is 1. The zero-order valence-electron chi connectivity index (χ0n) is 12.9. The number of aliphatic carboxylic acids is 1. The minimum Gasteiger partial charge on any atom is -0.481 e. The molecule has 116 valence electrons. The Labute approximate surface area is 125 Å². The van der Waals surface area contributed by atoms with Crippen molar-refractivity contribution in [3.05, 3.63) is 30.3 Å². The van der Waals surface area contributed by atoms with Crippen LogP contribution in [-0.4, -0.2) is 29.6 Å². The van der Waals surface area contributed by atoms with Crippen molar-refractivity contribution in [2.24, 2.45) is 11.1 Å². The number of nitrogens with zero attached hydrogens (tertiary/aromatic N) is 1. The predicted octanol–water partition coefficient (Wildman–Crippen LogP) is 2.26. The molecule has 0 bridgehead atoms. The van der Waals surface area contributed by atoms with E-state index in [1.807, 2.05) is 51.1 Å². The molecule has 5 heteroatoms. The van der Waals surface area contributed by atoms with Gasteiger partial charge in [0.25, 0.3) is 0 Å². The van der Waals surface area contributed by atoms with Crippen LogP contribution in [-0.2, 0) is 9.59 Å². The Balaban J connectivity index is 2.91. The van der Waals surface area contributed by atoms with Crippen molar-refractivity contribution in [2.45, 2.75) is 39.7 Å². The van der Waals surface area contributed by atoms with Crippen molar-refractivity contribution in [3.8, 4) is 0 Å². The fourth-order valence-electron chi connectivity index (χ4n) is 1.90. The molecular formula is C16H24N2O3. The summed E-state index contributed by atoms with van der Waals surface area (Å²) in [5, 5.41) is 8.75. The van der Waals surface area contributed by atoms with Crippen molar-refractivity contribution in [1.29, 1.82) is 0 Å². The quantitative estimate of drug-likeness (QED) is 0.842. The first-order chi connectivity index (χ1) is 9.73. The van der Waals surface area contributed by atoms with Gasteiger partial charge in [0.05, 0.1) is 6.04 Å². The molecule has 0 aliphatic carbocycles. The summed E-state index contributed by atoms with van der Waals surface area (Å²) < 4.78 is 0. The third-order valence-electron chi connectivity index (χ3n) is 3.31. The highest BCUT2D eigenvalue weighted by atomic mass is 16.4. The molecule has 0 spiro atoms.